The minimum atomic E-state index is -0.227. The van der Waals surface area contributed by atoms with Crippen LogP contribution in [-0.2, 0) is 14.1 Å². The van der Waals surface area contributed by atoms with Gasteiger partial charge in [-0.1, -0.05) is 30.3 Å². The van der Waals surface area contributed by atoms with Crippen LogP contribution in [-0.4, -0.2) is 30.2 Å². The molecule has 0 saturated carbocycles. The summed E-state index contributed by atoms with van der Waals surface area (Å²) in [5.74, 6) is 0.274. The minimum absolute atomic E-state index is 0.227. The van der Waals surface area contributed by atoms with Gasteiger partial charge in [0.25, 0.3) is 5.91 Å². The van der Waals surface area contributed by atoms with Gasteiger partial charge in [0.1, 0.15) is 0 Å². The second kappa shape index (κ2) is 6.81. The third-order valence-corrected chi connectivity index (χ3v) is 5.48. The van der Waals surface area contributed by atoms with Gasteiger partial charge in [-0.3, -0.25) is 14.8 Å². The SMILES string of the molecule is Cc1c(-c2cc(C(=O)Nc3nc4ccccc4n3C)c3ccccc3n2)cnn1C. The summed E-state index contributed by atoms with van der Waals surface area (Å²) in [4.78, 5) is 22.6. The Bertz CT molecular complexity index is 1430. The molecule has 0 unspecified atom stereocenters. The highest BCUT2D eigenvalue weighted by Gasteiger charge is 2.18. The minimum Gasteiger partial charge on any atom is -0.313 e. The van der Waals surface area contributed by atoms with Crippen molar-refractivity contribution in [2.75, 3.05) is 5.32 Å². The first kappa shape index (κ1) is 18.1. The van der Waals surface area contributed by atoms with E-state index in [2.05, 4.69) is 15.4 Å². The van der Waals surface area contributed by atoms with Crippen molar-refractivity contribution >= 4 is 33.8 Å². The van der Waals surface area contributed by atoms with Gasteiger partial charge >= 0.3 is 0 Å². The standard InChI is InChI=1S/C23H20N6O/c1-14-17(13-24-29(14)3)20-12-16(15-8-4-5-9-18(15)25-20)22(30)27-23-26-19-10-6-7-11-21(19)28(23)2/h4-13H,1-3H3,(H,26,27,30). The first-order valence-corrected chi connectivity index (χ1v) is 9.64. The predicted molar refractivity (Wildman–Crippen MR) is 117 cm³/mol. The molecule has 0 fully saturated rings. The van der Waals surface area contributed by atoms with Crippen LogP contribution in [0, 0.1) is 6.92 Å². The van der Waals surface area contributed by atoms with Crippen molar-refractivity contribution < 1.29 is 4.79 Å². The van der Waals surface area contributed by atoms with Crippen molar-refractivity contribution in [3.63, 3.8) is 0 Å². The first-order valence-electron chi connectivity index (χ1n) is 9.64. The number of amides is 1. The molecule has 0 aliphatic rings. The monoisotopic (exact) mass is 396 g/mol. The molecule has 0 aliphatic heterocycles. The Morgan fingerprint density at radius 1 is 0.967 bits per heavy atom. The quantitative estimate of drug-likeness (QED) is 0.498. The molecule has 0 spiro atoms. The van der Waals surface area contributed by atoms with Crippen LogP contribution in [0.2, 0.25) is 0 Å². The van der Waals surface area contributed by atoms with Crippen LogP contribution in [0.3, 0.4) is 0 Å². The lowest BCUT2D eigenvalue weighted by Crippen LogP contribution is -2.16. The summed E-state index contributed by atoms with van der Waals surface area (Å²) >= 11 is 0. The molecule has 2 aromatic carbocycles. The molecule has 1 N–H and O–H groups in total. The fraction of sp³-hybridized carbons (Fsp3) is 0.130. The van der Waals surface area contributed by atoms with E-state index in [-0.39, 0.29) is 5.91 Å². The summed E-state index contributed by atoms with van der Waals surface area (Å²) in [6, 6.07) is 17.3. The van der Waals surface area contributed by atoms with Gasteiger partial charge in [0.15, 0.2) is 0 Å². The fourth-order valence-corrected chi connectivity index (χ4v) is 3.68. The van der Waals surface area contributed by atoms with Gasteiger partial charge in [-0.05, 0) is 31.2 Å². The van der Waals surface area contributed by atoms with Crippen molar-refractivity contribution in [2.24, 2.45) is 14.1 Å². The maximum Gasteiger partial charge on any atom is 0.258 e. The largest absolute Gasteiger partial charge is 0.313 e. The summed E-state index contributed by atoms with van der Waals surface area (Å²) in [5, 5.41) is 8.08. The number of para-hydroxylation sites is 3. The number of aryl methyl sites for hydroxylation is 2. The zero-order chi connectivity index (χ0) is 20.8. The van der Waals surface area contributed by atoms with E-state index in [1.807, 2.05) is 80.2 Å². The molecule has 3 heterocycles. The number of hydrogen-bond acceptors (Lipinski definition) is 4. The van der Waals surface area contributed by atoms with Gasteiger partial charge in [0, 0.05) is 30.7 Å². The Kier molecular flexibility index (Phi) is 4.10. The average molecular weight is 396 g/mol. The molecule has 0 saturated heterocycles. The maximum absolute atomic E-state index is 13.3. The highest BCUT2D eigenvalue weighted by Crippen LogP contribution is 2.27. The summed E-state index contributed by atoms with van der Waals surface area (Å²) in [6.45, 7) is 1.98. The van der Waals surface area contributed by atoms with Crippen LogP contribution in [0.4, 0.5) is 5.95 Å². The van der Waals surface area contributed by atoms with Crippen molar-refractivity contribution in [1.82, 2.24) is 24.3 Å². The molecule has 7 heteroatoms. The van der Waals surface area contributed by atoms with Gasteiger partial charge < -0.3 is 4.57 Å². The Balaban J connectivity index is 1.62. The molecule has 0 atom stereocenters. The second-order valence-electron chi connectivity index (χ2n) is 7.28. The molecule has 30 heavy (non-hydrogen) atoms. The number of carbonyl (C=O) groups is 1. The summed E-state index contributed by atoms with van der Waals surface area (Å²) < 4.78 is 3.67. The predicted octanol–water partition coefficient (Wildman–Crippen LogP) is 4.08. The van der Waals surface area contributed by atoms with Crippen LogP contribution < -0.4 is 5.32 Å². The highest BCUT2D eigenvalue weighted by atomic mass is 16.1. The molecule has 0 aliphatic carbocycles. The summed E-state index contributed by atoms with van der Waals surface area (Å²) in [7, 11) is 3.78. The maximum atomic E-state index is 13.3. The number of benzene rings is 2. The number of nitrogens with one attached hydrogen (secondary N) is 1. The van der Waals surface area contributed by atoms with Gasteiger partial charge in [-0.2, -0.15) is 5.10 Å². The lowest BCUT2D eigenvalue weighted by Gasteiger charge is -2.10. The molecule has 3 aromatic heterocycles. The van der Waals surface area contributed by atoms with Crippen molar-refractivity contribution in [1.29, 1.82) is 0 Å². The molecular weight excluding hydrogens is 376 g/mol. The Labute approximate surface area is 173 Å². The molecule has 5 rings (SSSR count). The zero-order valence-electron chi connectivity index (χ0n) is 16.9. The van der Waals surface area contributed by atoms with Gasteiger partial charge in [0.2, 0.25) is 5.95 Å². The van der Waals surface area contributed by atoms with Gasteiger partial charge in [-0.25, -0.2) is 9.97 Å². The van der Waals surface area contributed by atoms with Crippen molar-refractivity contribution in [3.05, 3.63) is 72.1 Å². The van der Waals surface area contributed by atoms with Crippen LogP contribution in [0.1, 0.15) is 16.1 Å². The van der Waals surface area contributed by atoms with Crippen molar-refractivity contribution in [3.8, 4) is 11.3 Å². The lowest BCUT2D eigenvalue weighted by molar-refractivity contribution is 0.102. The van der Waals surface area contributed by atoms with Crippen LogP contribution in [0.15, 0.2) is 60.8 Å². The number of fused-ring (bicyclic) bond motifs is 2. The van der Waals surface area contributed by atoms with Gasteiger partial charge in [0.05, 0.1) is 34.0 Å². The van der Waals surface area contributed by atoms with E-state index in [0.29, 0.717) is 11.5 Å². The average Bonchev–Trinajstić information content (AvgIpc) is 3.26. The number of hydrogen-bond donors (Lipinski definition) is 1. The first-order chi connectivity index (χ1) is 14.5. The van der Waals surface area contributed by atoms with Gasteiger partial charge in [-0.15, -0.1) is 0 Å². The number of nitrogens with zero attached hydrogens (tertiary/aromatic N) is 5. The lowest BCUT2D eigenvalue weighted by atomic mass is 10.0. The van der Waals surface area contributed by atoms with E-state index >= 15 is 0 Å². The number of carbonyl (C=O) groups excluding carboxylic acids is 1. The summed E-state index contributed by atoms with van der Waals surface area (Å²) in [5.41, 5.74) is 5.70. The molecule has 5 aromatic rings. The fourth-order valence-electron chi connectivity index (χ4n) is 3.68. The topological polar surface area (TPSA) is 77.6 Å². The smallest absolute Gasteiger partial charge is 0.258 e. The van der Waals surface area contributed by atoms with Crippen LogP contribution >= 0.6 is 0 Å². The number of anilines is 1. The van der Waals surface area contributed by atoms with E-state index in [9.17, 15) is 4.79 Å². The third-order valence-electron chi connectivity index (χ3n) is 5.48. The molecule has 0 radical (unpaired) electrons. The zero-order valence-corrected chi connectivity index (χ0v) is 16.9. The number of pyridine rings is 1. The molecule has 148 valence electrons. The second-order valence-corrected chi connectivity index (χ2v) is 7.28. The number of imidazole rings is 1. The number of rotatable bonds is 3. The summed E-state index contributed by atoms with van der Waals surface area (Å²) in [6.07, 6.45) is 1.78. The normalized spacial score (nSPS) is 11.3. The Hall–Kier alpha value is -4.00. The van der Waals surface area contributed by atoms with Crippen LogP contribution in [0.25, 0.3) is 33.2 Å². The highest BCUT2D eigenvalue weighted by molar-refractivity contribution is 6.13. The molecule has 0 bridgehead atoms. The van der Waals surface area contributed by atoms with E-state index < -0.39 is 0 Å². The van der Waals surface area contributed by atoms with E-state index in [1.54, 1.807) is 10.9 Å². The number of aromatic nitrogens is 5. The Morgan fingerprint density at radius 2 is 1.70 bits per heavy atom. The molecule has 1 amide bonds. The molecule has 7 nitrogen and oxygen atoms in total. The van der Waals surface area contributed by atoms with E-state index in [1.165, 1.54) is 0 Å². The Morgan fingerprint density at radius 3 is 2.43 bits per heavy atom. The van der Waals surface area contributed by atoms with Crippen molar-refractivity contribution in [2.45, 2.75) is 6.92 Å². The van der Waals surface area contributed by atoms with E-state index in [0.717, 1.165) is 38.9 Å². The van der Waals surface area contributed by atoms with Crippen LogP contribution in [0.5, 0.6) is 0 Å². The molecular formula is C23H20N6O. The third kappa shape index (κ3) is 2.83. The van der Waals surface area contributed by atoms with E-state index in [4.69, 9.17) is 4.98 Å².